The summed E-state index contributed by atoms with van der Waals surface area (Å²) in [6.45, 7) is 1.27. The summed E-state index contributed by atoms with van der Waals surface area (Å²) in [6.07, 6.45) is 0. The Morgan fingerprint density at radius 3 is 2.59 bits per heavy atom. The summed E-state index contributed by atoms with van der Waals surface area (Å²) in [5.74, 6) is 1.26. The molecule has 2 heterocycles. The average Bonchev–Trinajstić information content (AvgIpc) is 3.23. The molecular weight excluding hydrogens is 360 g/mol. The fourth-order valence-electron chi connectivity index (χ4n) is 3.00. The smallest absolute Gasteiger partial charge is 0.238 e. The highest BCUT2D eigenvalue weighted by atomic mass is 32.1. The van der Waals surface area contributed by atoms with E-state index in [4.69, 9.17) is 9.47 Å². The van der Waals surface area contributed by atoms with Gasteiger partial charge in [0.15, 0.2) is 11.5 Å². The van der Waals surface area contributed by atoms with E-state index in [1.165, 1.54) is 4.88 Å². The molecule has 1 atom stereocenters. The van der Waals surface area contributed by atoms with Crippen molar-refractivity contribution < 1.29 is 14.3 Å². The van der Waals surface area contributed by atoms with Gasteiger partial charge in [0.25, 0.3) is 0 Å². The molecule has 0 fully saturated rings. The molecule has 2 N–H and O–H groups in total. The van der Waals surface area contributed by atoms with E-state index in [-0.39, 0.29) is 18.5 Å². The van der Waals surface area contributed by atoms with Gasteiger partial charge in [-0.15, -0.1) is 11.3 Å². The molecule has 27 heavy (non-hydrogen) atoms. The Morgan fingerprint density at radius 1 is 1.00 bits per heavy atom. The quantitative estimate of drug-likeness (QED) is 0.682. The molecule has 5 nitrogen and oxygen atoms in total. The lowest BCUT2D eigenvalue weighted by Crippen LogP contribution is -2.31. The van der Waals surface area contributed by atoms with Gasteiger partial charge in [-0.25, -0.2) is 0 Å². The van der Waals surface area contributed by atoms with Crippen LogP contribution in [0.25, 0.3) is 0 Å². The predicted molar refractivity (Wildman–Crippen MR) is 107 cm³/mol. The highest BCUT2D eigenvalue weighted by molar-refractivity contribution is 7.10. The van der Waals surface area contributed by atoms with E-state index >= 15 is 0 Å². The van der Waals surface area contributed by atoms with Crippen molar-refractivity contribution in [3.8, 4) is 11.5 Å². The van der Waals surface area contributed by atoms with Gasteiger partial charge in [0.1, 0.15) is 13.2 Å². The van der Waals surface area contributed by atoms with E-state index in [1.807, 2.05) is 41.8 Å². The van der Waals surface area contributed by atoms with Gasteiger partial charge in [-0.1, -0.05) is 36.4 Å². The molecule has 4 rings (SSSR count). The highest BCUT2D eigenvalue weighted by Crippen LogP contribution is 2.32. The predicted octanol–water partition coefficient (Wildman–Crippen LogP) is 3.84. The molecule has 0 radical (unpaired) electrons. The van der Waals surface area contributed by atoms with Crippen LogP contribution in [0.1, 0.15) is 16.5 Å². The molecule has 1 aliphatic rings. The molecule has 0 spiro atoms. The largest absolute Gasteiger partial charge is 0.486 e. The summed E-state index contributed by atoms with van der Waals surface area (Å²) in [5, 5.41) is 8.32. The highest BCUT2D eigenvalue weighted by Gasteiger charge is 2.17. The second kappa shape index (κ2) is 8.24. The Labute approximate surface area is 161 Å². The standard InChI is InChI=1S/C21H20N2O3S/c24-20(23-16-8-9-17-18(13-16)26-11-10-25-17)14-22-21(19-7-4-12-27-19)15-5-2-1-3-6-15/h1-9,12-13,21-22H,10-11,14H2,(H,23,24)/t21-/m0/s1. The molecule has 1 aromatic heterocycles. The molecule has 0 saturated heterocycles. The van der Waals surface area contributed by atoms with Gasteiger partial charge in [0.2, 0.25) is 5.91 Å². The van der Waals surface area contributed by atoms with Crippen molar-refractivity contribution in [1.82, 2.24) is 5.32 Å². The Hall–Kier alpha value is -2.83. The third-order valence-corrected chi connectivity index (χ3v) is 5.19. The number of hydrogen-bond donors (Lipinski definition) is 2. The Balaban J connectivity index is 1.41. The number of fused-ring (bicyclic) bond motifs is 1. The van der Waals surface area contributed by atoms with Gasteiger partial charge in [0.05, 0.1) is 12.6 Å². The number of benzene rings is 2. The molecule has 2 aromatic carbocycles. The summed E-state index contributed by atoms with van der Waals surface area (Å²) in [6, 6.07) is 19.6. The van der Waals surface area contributed by atoms with Crippen molar-refractivity contribution in [1.29, 1.82) is 0 Å². The van der Waals surface area contributed by atoms with Crippen LogP contribution in [-0.4, -0.2) is 25.7 Å². The third-order valence-electron chi connectivity index (χ3n) is 4.25. The van der Waals surface area contributed by atoms with Gasteiger partial charge in [-0.2, -0.15) is 0 Å². The van der Waals surface area contributed by atoms with Gasteiger partial charge in [-0.05, 0) is 29.1 Å². The van der Waals surface area contributed by atoms with E-state index in [2.05, 4.69) is 28.8 Å². The number of hydrogen-bond acceptors (Lipinski definition) is 5. The minimum Gasteiger partial charge on any atom is -0.486 e. The second-order valence-corrected chi connectivity index (χ2v) is 7.13. The molecule has 0 bridgehead atoms. The molecule has 1 amide bonds. The normalized spacial score (nSPS) is 13.8. The van der Waals surface area contributed by atoms with Crippen LogP contribution in [0.15, 0.2) is 66.0 Å². The zero-order valence-electron chi connectivity index (χ0n) is 14.7. The van der Waals surface area contributed by atoms with Crippen LogP contribution in [0.3, 0.4) is 0 Å². The summed E-state index contributed by atoms with van der Waals surface area (Å²) < 4.78 is 11.1. The first-order valence-corrected chi connectivity index (χ1v) is 9.69. The molecular formula is C21H20N2O3S. The molecule has 0 unspecified atom stereocenters. The molecule has 6 heteroatoms. The van der Waals surface area contributed by atoms with Crippen LogP contribution in [0.2, 0.25) is 0 Å². The minimum absolute atomic E-state index is 0.0165. The maximum absolute atomic E-state index is 12.4. The minimum atomic E-state index is -0.107. The van der Waals surface area contributed by atoms with E-state index < -0.39 is 0 Å². The SMILES string of the molecule is O=C(CN[C@@H](c1ccccc1)c1cccs1)Nc1ccc2c(c1)OCCO2. The Morgan fingerprint density at radius 2 is 1.81 bits per heavy atom. The van der Waals surface area contributed by atoms with Gasteiger partial charge < -0.3 is 14.8 Å². The maximum atomic E-state index is 12.4. The number of ether oxygens (including phenoxy) is 2. The van der Waals surface area contributed by atoms with Gasteiger partial charge in [-0.3, -0.25) is 10.1 Å². The number of anilines is 1. The number of rotatable bonds is 6. The molecule has 3 aromatic rings. The zero-order chi connectivity index (χ0) is 18.5. The summed E-state index contributed by atoms with van der Waals surface area (Å²) in [7, 11) is 0. The van der Waals surface area contributed by atoms with Gasteiger partial charge in [0, 0.05) is 16.6 Å². The van der Waals surface area contributed by atoms with Crippen molar-refractivity contribution in [3.05, 3.63) is 76.5 Å². The van der Waals surface area contributed by atoms with Crippen LogP contribution in [0, 0.1) is 0 Å². The zero-order valence-corrected chi connectivity index (χ0v) is 15.5. The van der Waals surface area contributed by atoms with Crippen molar-refractivity contribution in [2.24, 2.45) is 0 Å². The lowest BCUT2D eigenvalue weighted by molar-refractivity contribution is -0.115. The van der Waals surface area contributed by atoms with E-state index in [0.717, 1.165) is 5.56 Å². The average molecular weight is 380 g/mol. The number of nitrogens with one attached hydrogen (secondary N) is 2. The van der Waals surface area contributed by atoms with Crippen LogP contribution in [-0.2, 0) is 4.79 Å². The van der Waals surface area contributed by atoms with Crippen molar-refractivity contribution >= 4 is 22.9 Å². The number of thiophene rings is 1. The summed E-state index contributed by atoms with van der Waals surface area (Å²) in [5.41, 5.74) is 1.82. The topological polar surface area (TPSA) is 59.6 Å². The van der Waals surface area contributed by atoms with Crippen LogP contribution in [0.5, 0.6) is 11.5 Å². The lowest BCUT2D eigenvalue weighted by Gasteiger charge is -2.20. The van der Waals surface area contributed by atoms with E-state index in [0.29, 0.717) is 30.4 Å². The molecule has 0 aliphatic carbocycles. The van der Waals surface area contributed by atoms with Crippen molar-refractivity contribution in [2.75, 3.05) is 25.1 Å². The first-order valence-electron chi connectivity index (χ1n) is 8.81. The van der Waals surface area contributed by atoms with Crippen LogP contribution in [0.4, 0.5) is 5.69 Å². The van der Waals surface area contributed by atoms with E-state index in [1.54, 1.807) is 17.4 Å². The first-order chi connectivity index (χ1) is 13.3. The third kappa shape index (κ3) is 4.30. The van der Waals surface area contributed by atoms with Crippen molar-refractivity contribution in [2.45, 2.75) is 6.04 Å². The Bertz CT molecular complexity index is 897. The molecule has 1 aliphatic heterocycles. The van der Waals surface area contributed by atoms with Gasteiger partial charge >= 0.3 is 0 Å². The number of carbonyl (C=O) groups is 1. The molecule has 0 saturated carbocycles. The maximum Gasteiger partial charge on any atom is 0.238 e. The fourth-order valence-corrected chi connectivity index (χ4v) is 3.83. The summed E-state index contributed by atoms with van der Waals surface area (Å²) >= 11 is 1.67. The van der Waals surface area contributed by atoms with Crippen LogP contribution < -0.4 is 20.1 Å². The first kappa shape index (κ1) is 17.6. The fraction of sp³-hybridized carbons (Fsp3) is 0.190. The number of carbonyl (C=O) groups excluding carboxylic acids is 1. The van der Waals surface area contributed by atoms with Crippen LogP contribution >= 0.6 is 11.3 Å². The lowest BCUT2D eigenvalue weighted by atomic mass is 10.1. The molecule has 138 valence electrons. The second-order valence-electron chi connectivity index (χ2n) is 6.15. The Kier molecular flexibility index (Phi) is 5.37. The van der Waals surface area contributed by atoms with Crippen molar-refractivity contribution in [3.63, 3.8) is 0 Å². The monoisotopic (exact) mass is 380 g/mol. The van der Waals surface area contributed by atoms with E-state index in [9.17, 15) is 4.79 Å². The summed E-state index contributed by atoms with van der Waals surface area (Å²) in [4.78, 5) is 13.6. The number of amides is 1.